The van der Waals surface area contributed by atoms with Crippen molar-refractivity contribution >= 4 is 12.2 Å². The van der Waals surface area contributed by atoms with Gasteiger partial charge in [-0.3, -0.25) is 0 Å². The van der Waals surface area contributed by atoms with Crippen LogP contribution in [-0.4, -0.2) is 42.3 Å². The maximum atomic E-state index is 12.1. The normalized spacial score (nSPS) is 25.0. The van der Waals surface area contributed by atoms with Crippen LogP contribution in [0.3, 0.4) is 0 Å². The molecule has 2 amide bonds. The average Bonchev–Trinajstić information content (AvgIpc) is 2.96. The van der Waals surface area contributed by atoms with Gasteiger partial charge in [0.1, 0.15) is 6.61 Å². The van der Waals surface area contributed by atoms with E-state index in [1.807, 2.05) is 44.2 Å². The van der Waals surface area contributed by atoms with Gasteiger partial charge in [0, 0.05) is 31.0 Å². The van der Waals surface area contributed by atoms with Gasteiger partial charge in [0.15, 0.2) is 0 Å². The van der Waals surface area contributed by atoms with E-state index in [2.05, 4.69) is 5.32 Å². The van der Waals surface area contributed by atoms with Crippen LogP contribution < -0.4 is 5.32 Å². The van der Waals surface area contributed by atoms with Crippen molar-refractivity contribution in [3.8, 4) is 0 Å². The molecule has 1 aliphatic heterocycles. The maximum absolute atomic E-state index is 12.1. The lowest BCUT2D eigenvalue weighted by Gasteiger charge is -2.20. The minimum absolute atomic E-state index is 0.124. The van der Waals surface area contributed by atoms with Gasteiger partial charge >= 0.3 is 12.2 Å². The van der Waals surface area contributed by atoms with Crippen LogP contribution in [0.1, 0.15) is 19.4 Å². The Morgan fingerprint density at radius 3 is 2.48 bits per heavy atom. The van der Waals surface area contributed by atoms with E-state index < -0.39 is 0 Å². The van der Waals surface area contributed by atoms with E-state index in [0.717, 1.165) is 5.56 Å². The highest BCUT2D eigenvalue weighted by atomic mass is 16.6. The molecule has 1 saturated heterocycles. The first-order valence-corrected chi connectivity index (χ1v) is 7.97. The van der Waals surface area contributed by atoms with Crippen molar-refractivity contribution in [3.63, 3.8) is 0 Å². The van der Waals surface area contributed by atoms with Crippen molar-refractivity contribution in [2.75, 3.05) is 13.1 Å². The summed E-state index contributed by atoms with van der Waals surface area (Å²) in [7, 11) is 0. The fourth-order valence-electron chi connectivity index (χ4n) is 3.08. The monoisotopic (exact) mass is 318 g/mol. The minimum atomic E-state index is -0.377. The molecule has 0 radical (unpaired) electrons. The molecule has 1 aliphatic carbocycles. The van der Waals surface area contributed by atoms with Crippen molar-refractivity contribution in [1.29, 1.82) is 0 Å². The predicted octanol–water partition coefficient (Wildman–Crippen LogP) is 2.39. The first-order chi connectivity index (χ1) is 11.0. The number of nitrogens with zero attached hydrogens (tertiary/aromatic N) is 1. The summed E-state index contributed by atoms with van der Waals surface area (Å²) in [5.74, 6) is 0.637. The van der Waals surface area contributed by atoms with Gasteiger partial charge in [-0.05, 0) is 19.4 Å². The summed E-state index contributed by atoms with van der Waals surface area (Å²) in [6.45, 7) is 5.18. The van der Waals surface area contributed by atoms with Crippen LogP contribution in [0.4, 0.5) is 9.59 Å². The molecule has 1 N–H and O–H groups in total. The summed E-state index contributed by atoms with van der Waals surface area (Å²) in [6, 6.07) is 9.74. The Morgan fingerprint density at radius 2 is 1.87 bits per heavy atom. The minimum Gasteiger partial charge on any atom is -0.447 e. The summed E-state index contributed by atoms with van der Waals surface area (Å²) >= 11 is 0. The molecule has 1 heterocycles. The average molecular weight is 318 g/mol. The number of likely N-dealkylation sites (tertiary alicyclic amines) is 1. The molecule has 124 valence electrons. The van der Waals surface area contributed by atoms with E-state index in [4.69, 9.17) is 9.47 Å². The molecule has 0 spiro atoms. The van der Waals surface area contributed by atoms with Crippen LogP contribution in [-0.2, 0) is 16.1 Å². The first kappa shape index (κ1) is 15.6. The van der Waals surface area contributed by atoms with Crippen molar-refractivity contribution in [2.45, 2.75) is 32.6 Å². The van der Waals surface area contributed by atoms with E-state index in [1.54, 1.807) is 4.90 Å². The second-order valence-electron chi connectivity index (χ2n) is 6.40. The topological polar surface area (TPSA) is 67.9 Å². The third-order valence-corrected chi connectivity index (χ3v) is 4.28. The third kappa shape index (κ3) is 3.75. The zero-order chi connectivity index (χ0) is 16.4. The largest absolute Gasteiger partial charge is 0.447 e. The van der Waals surface area contributed by atoms with Gasteiger partial charge < -0.3 is 19.7 Å². The van der Waals surface area contributed by atoms with Crippen LogP contribution in [0.2, 0.25) is 0 Å². The van der Waals surface area contributed by atoms with Crippen LogP contribution >= 0.6 is 0 Å². The number of hydrogen-bond donors (Lipinski definition) is 1. The van der Waals surface area contributed by atoms with Crippen molar-refractivity contribution in [1.82, 2.24) is 10.2 Å². The number of fused-ring (bicyclic) bond motifs is 1. The Morgan fingerprint density at radius 1 is 1.22 bits per heavy atom. The highest BCUT2D eigenvalue weighted by Gasteiger charge is 2.58. The number of amides is 2. The molecule has 0 bridgehead atoms. The van der Waals surface area contributed by atoms with Gasteiger partial charge in [-0.25, -0.2) is 9.59 Å². The lowest BCUT2D eigenvalue weighted by Crippen LogP contribution is -2.38. The number of carbonyl (C=O) groups is 2. The summed E-state index contributed by atoms with van der Waals surface area (Å²) in [6.07, 6.45) is -0.791. The fraction of sp³-hybridized carbons (Fsp3) is 0.529. The number of benzene rings is 1. The molecule has 2 fully saturated rings. The van der Waals surface area contributed by atoms with E-state index in [1.165, 1.54) is 0 Å². The molecule has 6 heteroatoms. The van der Waals surface area contributed by atoms with Gasteiger partial charge in [0.25, 0.3) is 0 Å². The molecule has 23 heavy (non-hydrogen) atoms. The summed E-state index contributed by atoms with van der Waals surface area (Å²) in [4.78, 5) is 25.3. The molecular formula is C17H22N2O4. The molecule has 2 aliphatic rings. The number of nitrogens with one attached hydrogen (secondary N) is 1. The number of hydrogen-bond acceptors (Lipinski definition) is 4. The van der Waals surface area contributed by atoms with Gasteiger partial charge in [-0.15, -0.1) is 0 Å². The van der Waals surface area contributed by atoms with Gasteiger partial charge in [0.2, 0.25) is 0 Å². The fourth-order valence-corrected chi connectivity index (χ4v) is 3.08. The molecule has 6 nitrogen and oxygen atoms in total. The zero-order valence-corrected chi connectivity index (χ0v) is 13.4. The molecule has 1 aromatic carbocycles. The maximum Gasteiger partial charge on any atom is 0.410 e. The highest BCUT2D eigenvalue weighted by Crippen LogP contribution is 2.45. The second kappa shape index (κ2) is 6.48. The molecule has 0 aromatic heterocycles. The van der Waals surface area contributed by atoms with E-state index in [9.17, 15) is 9.59 Å². The Balaban J connectivity index is 1.39. The summed E-state index contributed by atoms with van der Waals surface area (Å²) < 4.78 is 10.4. The second-order valence-corrected chi connectivity index (χ2v) is 6.40. The Hall–Kier alpha value is -2.24. The van der Waals surface area contributed by atoms with Gasteiger partial charge in [-0.2, -0.15) is 0 Å². The smallest absolute Gasteiger partial charge is 0.410 e. The summed E-state index contributed by atoms with van der Waals surface area (Å²) in [5.41, 5.74) is 0.973. The quantitative estimate of drug-likeness (QED) is 0.925. The molecule has 2 unspecified atom stereocenters. The van der Waals surface area contributed by atoms with E-state index in [0.29, 0.717) is 24.9 Å². The molecule has 1 aromatic rings. The first-order valence-electron chi connectivity index (χ1n) is 7.97. The Labute approximate surface area is 135 Å². The van der Waals surface area contributed by atoms with Crippen LogP contribution in [0.25, 0.3) is 0 Å². The van der Waals surface area contributed by atoms with E-state index >= 15 is 0 Å². The number of carbonyl (C=O) groups excluding carboxylic acids is 2. The predicted molar refractivity (Wildman–Crippen MR) is 83.7 cm³/mol. The lowest BCUT2D eigenvalue weighted by molar-refractivity contribution is 0.0978. The third-order valence-electron chi connectivity index (χ3n) is 4.28. The Bertz CT molecular complexity index is 563. The van der Waals surface area contributed by atoms with Gasteiger partial charge in [-0.1, -0.05) is 30.3 Å². The summed E-state index contributed by atoms with van der Waals surface area (Å²) in [5, 5.41) is 2.86. The zero-order valence-electron chi connectivity index (χ0n) is 13.4. The van der Waals surface area contributed by atoms with E-state index in [-0.39, 0.29) is 30.9 Å². The molecule has 1 saturated carbocycles. The highest BCUT2D eigenvalue weighted by molar-refractivity contribution is 5.70. The standard InChI is InChI=1S/C17H22N2O4/c1-11(2)23-16(20)18-15-13-8-19(9-14(13)15)17(21)22-10-12-6-4-3-5-7-12/h3-7,11,13-15H,8-10H2,1-2H3,(H,18,20). The molecule has 3 rings (SSSR count). The van der Waals surface area contributed by atoms with Crippen molar-refractivity contribution < 1.29 is 19.1 Å². The SMILES string of the molecule is CC(C)OC(=O)NC1C2CN(C(=O)OCc3ccccc3)CC21. The molecular weight excluding hydrogens is 296 g/mol. The van der Waals surface area contributed by atoms with Crippen LogP contribution in [0.5, 0.6) is 0 Å². The Kier molecular flexibility index (Phi) is 4.41. The number of ether oxygens (including phenoxy) is 2. The van der Waals surface area contributed by atoms with Crippen molar-refractivity contribution in [3.05, 3.63) is 35.9 Å². The molecule has 2 atom stereocenters. The number of piperidine rings is 1. The van der Waals surface area contributed by atoms with Crippen molar-refractivity contribution in [2.24, 2.45) is 11.8 Å². The van der Waals surface area contributed by atoms with Gasteiger partial charge in [0.05, 0.1) is 6.10 Å². The van der Waals surface area contributed by atoms with Crippen LogP contribution in [0, 0.1) is 11.8 Å². The van der Waals surface area contributed by atoms with Crippen LogP contribution in [0.15, 0.2) is 30.3 Å². The number of alkyl carbamates (subject to hydrolysis) is 1. The number of rotatable bonds is 4. The lowest BCUT2D eigenvalue weighted by atomic mass is 10.2.